The summed E-state index contributed by atoms with van der Waals surface area (Å²) in [5, 5.41) is 15.2. The highest BCUT2D eigenvalue weighted by atomic mass is 16.3. The molecule has 3 N–H and O–H groups in total. The van der Waals surface area contributed by atoms with Crippen LogP contribution in [0, 0.1) is 0 Å². The summed E-state index contributed by atoms with van der Waals surface area (Å²) in [7, 11) is 0. The van der Waals surface area contributed by atoms with E-state index >= 15 is 0 Å². The molecular weight excluding hydrogens is 180 g/mol. The van der Waals surface area contributed by atoms with Crippen LogP contribution in [0.2, 0.25) is 0 Å². The van der Waals surface area contributed by atoms with Gasteiger partial charge in [-0.3, -0.25) is 4.79 Å². The molecule has 2 atom stereocenters. The van der Waals surface area contributed by atoms with Gasteiger partial charge in [-0.2, -0.15) is 0 Å². The van der Waals surface area contributed by atoms with Crippen LogP contribution in [0.25, 0.3) is 0 Å². The van der Waals surface area contributed by atoms with Gasteiger partial charge in [-0.1, -0.05) is 0 Å². The normalized spacial score (nSPS) is 25.3. The monoisotopic (exact) mass is 200 g/mol. The minimum Gasteiger partial charge on any atom is -0.393 e. The lowest BCUT2D eigenvalue weighted by Crippen LogP contribution is -2.34. The summed E-state index contributed by atoms with van der Waals surface area (Å²) in [5.74, 6) is 0.136. The number of amides is 1. The highest BCUT2D eigenvalue weighted by Gasteiger charge is 2.16. The first-order chi connectivity index (χ1) is 6.68. The molecule has 1 heterocycles. The second kappa shape index (κ2) is 5.98. The van der Waals surface area contributed by atoms with E-state index in [4.69, 9.17) is 5.11 Å². The maximum atomic E-state index is 11.2. The summed E-state index contributed by atoms with van der Waals surface area (Å²) in [4.78, 5) is 11.2. The van der Waals surface area contributed by atoms with Gasteiger partial charge in [-0.15, -0.1) is 0 Å². The van der Waals surface area contributed by atoms with Crippen molar-refractivity contribution in [3.8, 4) is 0 Å². The fourth-order valence-corrected chi connectivity index (χ4v) is 1.64. The molecule has 1 saturated heterocycles. The molecule has 0 aromatic rings. The number of carbonyl (C=O) groups excluding carboxylic acids is 1. The van der Waals surface area contributed by atoms with Crippen molar-refractivity contribution >= 4 is 5.91 Å². The Morgan fingerprint density at radius 1 is 1.71 bits per heavy atom. The quantitative estimate of drug-likeness (QED) is 0.599. The summed E-state index contributed by atoms with van der Waals surface area (Å²) < 4.78 is 0. The lowest BCUT2D eigenvalue weighted by molar-refractivity contribution is -0.121. The molecule has 0 spiro atoms. The molecule has 1 amide bonds. The van der Waals surface area contributed by atoms with Crippen LogP contribution in [-0.2, 0) is 4.79 Å². The van der Waals surface area contributed by atoms with Crippen molar-refractivity contribution < 1.29 is 9.90 Å². The molecule has 4 heteroatoms. The molecule has 14 heavy (non-hydrogen) atoms. The third-order valence-electron chi connectivity index (χ3n) is 2.48. The lowest BCUT2D eigenvalue weighted by atomic mass is 10.1. The third kappa shape index (κ3) is 4.58. The summed E-state index contributed by atoms with van der Waals surface area (Å²) in [5.41, 5.74) is 0. The fraction of sp³-hybridized carbons (Fsp3) is 0.900. The van der Waals surface area contributed by atoms with E-state index in [2.05, 4.69) is 10.6 Å². The predicted octanol–water partition coefficient (Wildman–Crippen LogP) is 0.0156. The number of aliphatic hydroxyl groups excluding tert-OH is 1. The highest BCUT2D eigenvalue weighted by Crippen LogP contribution is 2.05. The Kier molecular flexibility index (Phi) is 4.90. The Bertz CT molecular complexity index is 183. The van der Waals surface area contributed by atoms with Crippen molar-refractivity contribution in [2.45, 2.75) is 44.8 Å². The summed E-state index contributed by atoms with van der Waals surface area (Å²) in [6.45, 7) is 3.37. The van der Waals surface area contributed by atoms with Crippen LogP contribution in [-0.4, -0.2) is 36.2 Å². The van der Waals surface area contributed by atoms with Gasteiger partial charge in [0.15, 0.2) is 0 Å². The molecule has 1 aliphatic heterocycles. The number of hydrogen-bond acceptors (Lipinski definition) is 3. The van der Waals surface area contributed by atoms with Crippen molar-refractivity contribution in [1.29, 1.82) is 0 Å². The molecule has 0 radical (unpaired) electrons. The molecule has 0 saturated carbocycles. The van der Waals surface area contributed by atoms with Crippen LogP contribution < -0.4 is 10.6 Å². The first-order valence-electron chi connectivity index (χ1n) is 5.36. The van der Waals surface area contributed by atoms with E-state index in [0.29, 0.717) is 6.42 Å². The van der Waals surface area contributed by atoms with E-state index in [1.54, 1.807) is 6.92 Å². The molecule has 2 unspecified atom stereocenters. The SMILES string of the molecule is CC(O)CCNC1CCCNC(=O)C1. The van der Waals surface area contributed by atoms with Gasteiger partial charge in [0.05, 0.1) is 6.10 Å². The van der Waals surface area contributed by atoms with E-state index in [0.717, 1.165) is 32.4 Å². The van der Waals surface area contributed by atoms with Crippen molar-refractivity contribution in [2.24, 2.45) is 0 Å². The largest absolute Gasteiger partial charge is 0.393 e. The first kappa shape index (κ1) is 11.5. The Labute approximate surface area is 85.1 Å². The molecule has 4 nitrogen and oxygen atoms in total. The van der Waals surface area contributed by atoms with E-state index in [9.17, 15) is 4.79 Å². The molecule has 1 aliphatic rings. The van der Waals surface area contributed by atoms with E-state index in [-0.39, 0.29) is 18.1 Å². The van der Waals surface area contributed by atoms with Crippen LogP contribution in [0.15, 0.2) is 0 Å². The Morgan fingerprint density at radius 3 is 3.21 bits per heavy atom. The van der Waals surface area contributed by atoms with E-state index < -0.39 is 0 Å². The molecule has 1 rings (SSSR count). The maximum absolute atomic E-state index is 11.2. The molecule has 82 valence electrons. The van der Waals surface area contributed by atoms with Gasteiger partial charge >= 0.3 is 0 Å². The van der Waals surface area contributed by atoms with Gasteiger partial charge in [0.25, 0.3) is 0 Å². The van der Waals surface area contributed by atoms with Crippen LogP contribution in [0.1, 0.15) is 32.6 Å². The number of rotatable bonds is 4. The number of carbonyl (C=O) groups is 1. The number of aliphatic hydroxyl groups is 1. The first-order valence-corrected chi connectivity index (χ1v) is 5.36. The standard InChI is InChI=1S/C10H20N2O2/c1-8(13)4-6-11-9-3-2-5-12-10(14)7-9/h8-9,11,13H,2-7H2,1H3,(H,12,14). The maximum Gasteiger partial charge on any atom is 0.221 e. The zero-order chi connectivity index (χ0) is 10.4. The average molecular weight is 200 g/mol. The summed E-state index contributed by atoms with van der Waals surface area (Å²) >= 11 is 0. The van der Waals surface area contributed by atoms with Crippen molar-refractivity contribution in [2.75, 3.05) is 13.1 Å². The van der Waals surface area contributed by atoms with E-state index in [1.807, 2.05) is 0 Å². The smallest absolute Gasteiger partial charge is 0.221 e. The second-order valence-corrected chi connectivity index (χ2v) is 3.99. The Morgan fingerprint density at radius 2 is 2.50 bits per heavy atom. The summed E-state index contributed by atoms with van der Waals surface area (Å²) in [6.07, 6.45) is 3.14. The van der Waals surface area contributed by atoms with Crippen molar-refractivity contribution in [3.05, 3.63) is 0 Å². The van der Waals surface area contributed by atoms with Gasteiger partial charge in [0.2, 0.25) is 5.91 Å². The van der Waals surface area contributed by atoms with Gasteiger partial charge in [0.1, 0.15) is 0 Å². The molecule has 0 aromatic heterocycles. The van der Waals surface area contributed by atoms with Crippen molar-refractivity contribution in [3.63, 3.8) is 0 Å². The molecule has 0 bridgehead atoms. The zero-order valence-corrected chi connectivity index (χ0v) is 8.75. The van der Waals surface area contributed by atoms with Gasteiger partial charge in [0, 0.05) is 19.0 Å². The van der Waals surface area contributed by atoms with Crippen LogP contribution in [0.5, 0.6) is 0 Å². The second-order valence-electron chi connectivity index (χ2n) is 3.99. The van der Waals surface area contributed by atoms with Crippen LogP contribution >= 0.6 is 0 Å². The van der Waals surface area contributed by atoms with Crippen LogP contribution in [0.3, 0.4) is 0 Å². The zero-order valence-electron chi connectivity index (χ0n) is 8.75. The van der Waals surface area contributed by atoms with E-state index in [1.165, 1.54) is 0 Å². The third-order valence-corrected chi connectivity index (χ3v) is 2.48. The average Bonchev–Trinajstić information content (AvgIpc) is 2.29. The molecule has 0 aliphatic carbocycles. The fourth-order valence-electron chi connectivity index (χ4n) is 1.64. The highest BCUT2D eigenvalue weighted by molar-refractivity contribution is 5.76. The minimum absolute atomic E-state index is 0.136. The number of nitrogens with one attached hydrogen (secondary N) is 2. The Balaban J connectivity index is 2.18. The Hall–Kier alpha value is -0.610. The topological polar surface area (TPSA) is 61.4 Å². The van der Waals surface area contributed by atoms with Gasteiger partial charge in [-0.05, 0) is 32.7 Å². The minimum atomic E-state index is -0.262. The molecule has 1 fully saturated rings. The molecular formula is C10H20N2O2. The van der Waals surface area contributed by atoms with Crippen molar-refractivity contribution in [1.82, 2.24) is 10.6 Å². The number of hydrogen-bond donors (Lipinski definition) is 3. The van der Waals surface area contributed by atoms with Gasteiger partial charge in [-0.25, -0.2) is 0 Å². The summed E-state index contributed by atoms with van der Waals surface area (Å²) in [6, 6.07) is 0.288. The lowest BCUT2D eigenvalue weighted by Gasteiger charge is -2.15. The van der Waals surface area contributed by atoms with Gasteiger partial charge < -0.3 is 15.7 Å². The van der Waals surface area contributed by atoms with Crippen LogP contribution in [0.4, 0.5) is 0 Å². The molecule has 0 aromatic carbocycles. The predicted molar refractivity (Wildman–Crippen MR) is 54.9 cm³/mol.